The van der Waals surface area contributed by atoms with E-state index in [0.717, 1.165) is 6.07 Å². The van der Waals surface area contributed by atoms with E-state index in [1.807, 2.05) is 0 Å². The quantitative estimate of drug-likeness (QED) is 0.738. The summed E-state index contributed by atoms with van der Waals surface area (Å²) in [7, 11) is 0. The Bertz CT molecular complexity index is 882. The number of oxazole rings is 1. The zero-order chi connectivity index (χ0) is 14.3. The number of carbonyl (C=O) groups is 1. The van der Waals surface area contributed by atoms with Gasteiger partial charge in [0, 0.05) is 11.1 Å². The second-order valence-corrected chi connectivity index (χ2v) is 4.59. The van der Waals surface area contributed by atoms with Crippen LogP contribution in [-0.2, 0) is 0 Å². The molecule has 0 amide bonds. The average molecular weight is 292 g/mol. The molecule has 1 aromatic heterocycles. The Kier molecular flexibility index (Phi) is 2.91. The molecule has 0 fully saturated rings. The minimum atomic E-state index is -0.633. The van der Waals surface area contributed by atoms with E-state index in [4.69, 9.17) is 16.0 Å². The summed E-state index contributed by atoms with van der Waals surface area (Å²) in [5, 5.41) is 0.156. The maximum Gasteiger partial charge on any atom is 0.417 e. The highest BCUT2D eigenvalue weighted by atomic mass is 35.5. The number of halogens is 2. The first-order valence-corrected chi connectivity index (χ1v) is 6.05. The lowest BCUT2D eigenvalue weighted by atomic mass is 10.0. The molecule has 6 heteroatoms. The number of carbonyl (C=O) groups excluding carboxylic acids is 1. The van der Waals surface area contributed by atoms with Crippen molar-refractivity contribution in [2.75, 3.05) is 0 Å². The third kappa shape index (κ3) is 2.12. The lowest BCUT2D eigenvalue weighted by Crippen LogP contribution is -2.02. The Balaban J connectivity index is 2.16. The van der Waals surface area contributed by atoms with Gasteiger partial charge in [-0.05, 0) is 24.3 Å². The molecule has 3 aromatic rings. The highest BCUT2D eigenvalue weighted by molar-refractivity contribution is 6.35. The Morgan fingerprint density at radius 3 is 2.80 bits per heavy atom. The summed E-state index contributed by atoms with van der Waals surface area (Å²) in [6.07, 6.45) is 0. The second kappa shape index (κ2) is 4.61. The van der Waals surface area contributed by atoms with Gasteiger partial charge in [0.2, 0.25) is 0 Å². The highest BCUT2D eigenvalue weighted by Gasteiger charge is 2.16. The van der Waals surface area contributed by atoms with Crippen molar-refractivity contribution in [2.45, 2.75) is 0 Å². The molecule has 0 spiro atoms. The van der Waals surface area contributed by atoms with Crippen LogP contribution in [0, 0.1) is 5.82 Å². The third-order valence-electron chi connectivity index (χ3n) is 2.84. The van der Waals surface area contributed by atoms with Gasteiger partial charge in [0.15, 0.2) is 11.4 Å². The molecule has 0 radical (unpaired) electrons. The van der Waals surface area contributed by atoms with E-state index in [-0.39, 0.29) is 21.7 Å². The van der Waals surface area contributed by atoms with Gasteiger partial charge in [0.1, 0.15) is 5.82 Å². The van der Waals surface area contributed by atoms with Gasteiger partial charge in [-0.3, -0.25) is 9.78 Å². The van der Waals surface area contributed by atoms with Gasteiger partial charge in [0.25, 0.3) is 0 Å². The number of ketones is 1. The van der Waals surface area contributed by atoms with Crippen LogP contribution in [-0.4, -0.2) is 10.8 Å². The molecule has 20 heavy (non-hydrogen) atoms. The molecule has 100 valence electrons. The van der Waals surface area contributed by atoms with Crippen LogP contribution in [0.1, 0.15) is 15.9 Å². The van der Waals surface area contributed by atoms with Gasteiger partial charge in [-0.1, -0.05) is 23.7 Å². The normalized spacial score (nSPS) is 10.9. The maximum atomic E-state index is 13.2. The molecule has 3 rings (SSSR count). The molecular formula is C14H7ClFNO3. The monoisotopic (exact) mass is 291 g/mol. The van der Waals surface area contributed by atoms with E-state index in [2.05, 4.69) is 4.98 Å². The van der Waals surface area contributed by atoms with Crippen LogP contribution >= 0.6 is 11.6 Å². The molecule has 1 heterocycles. The van der Waals surface area contributed by atoms with Crippen molar-refractivity contribution >= 4 is 28.5 Å². The van der Waals surface area contributed by atoms with Crippen molar-refractivity contribution in [3.63, 3.8) is 0 Å². The Morgan fingerprint density at radius 2 is 2.05 bits per heavy atom. The van der Waals surface area contributed by atoms with E-state index in [1.54, 1.807) is 0 Å². The lowest BCUT2D eigenvalue weighted by molar-refractivity contribution is 0.103. The second-order valence-electron chi connectivity index (χ2n) is 4.18. The van der Waals surface area contributed by atoms with Gasteiger partial charge in [-0.25, -0.2) is 9.18 Å². The van der Waals surface area contributed by atoms with Crippen molar-refractivity contribution < 1.29 is 13.6 Å². The molecule has 0 aliphatic carbocycles. The predicted molar refractivity (Wildman–Crippen MR) is 71.7 cm³/mol. The SMILES string of the molecule is O=C(c1cccc(F)c1)c1cc2oc(=O)[nH]c2cc1Cl. The highest BCUT2D eigenvalue weighted by Crippen LogP contribution is 2.24. The number of benzene rings is 2. The van der Waals surface area contributed by atoms with E-state index in [9.17, 15) is 14.0 Å². The molecule has 0 atom stereocenters. The summed E-state index contributed by atoms with van der Waals surface area (Å²) in [6.45, 7) is 0. The van der Waals surface area contributed by atoms with Crippen LogP contribution in [0.3, 0.4) is 0 Å². The summed E-state index contributed by atoms with van der Waals surface area (Å²) in [4.78, 5) is 25.8. The third-order valence-corrected chi connectivity index (χ3v) is 3.15. The van der Waals surface area contributed by atoms with Crippen molar-refractivity contribution in [1.82, 2.24) is 4.98 Å². The number of fused-ring (bicyclic) bond motifs is 1. The van der Waals surface area contributed by atoms with Gasteiger partial charge >= 0.3 is 5.76 Å². The first kappa shape index (κ1) is 12.6. The Hall–Kier alpha value is -2.40. The summed E-state index contributed by atoms with van der Waals surface area (Å²) >= 11 is 6.02. The molecule has 0 aliphatic rings. The number of H-pyrrole nitrogens is 1. The van der Waals surface area contributed by atoms with Crippen molar-refractivity contribution in [2.24, 2.45) is 0 Å². The van der Waals surface area contributed by atoms with Crippen LogP contribution in [0.25, 0.3) is 11.1 Å². The number of hydrogen-bond donors (Lipinski definition) is 1. The molecule has 1 N–H and O–H groups in total. The number of rotatable bonds is 2. The molecule has 0 unspecified atom stereocenters. The minimum Gasteiger partial charge on any atom is -0.408 e. The largest absolute Gasteiger partial charge is 0.417 e. The number of nitrogens with one attached hydrogen (secondary N) is 1. The summed E-state index contributed by atoms with van der Waals surface area (Å²) in [5.41, 5.74) is 0.937. The molecule has 0 bridgehead atoms. The first-order chi connectivity index (χ1) is 9.54. The van der Waals surface area contributed by atoms with Gasteiger partial charge < -0.3 is 4.42 Å². The number of aromatic amines is 1. The Labute approximate surface area is 116 Å². The van der Waals surface area contributed by atoms with Crippen molar-refractivity contribution in [3.05, 3.63) is 68.9 Å². The number of aromatic nitrogens is 1. The summed E-state index contributed by atoms with van der Waals surface area (Å²) in [6, 6.07) is 8.07. The fourth-order valence-electron chi connectivity index (χ4n) is 1.93. The standard InChI is InChI=1S/C14H7ClFNO3/c15-10-6-11-12(20-14(19)17-11)5-9(10)13(18)7-2-1-3-8(16)4-7/h1-6H,(H,17,19). The van der Waals surface area contributed by atoms with Crippen molar-refractivity contribution in [1.29, 1.82) is 0 Å². The van der Waals surface area contributed by atoms with Gasteiger partial charge in [-0.15, -0.1) is 0 Å². The molecule has 4 nitrogen and oxygen atoms in total. The fourth-order valence-corrected chi connectivity index (χ4v) is 2.18. The van der Waals surface area contributed by atoms with E-state index < -0.39 is 17.4 Å². The Morgan fingerprint density at radius 1 is 1.25 bits per heavy atom. The van der Waals surface area contributed by atoms with E-state index in [1.165, 1.54) is 30.3 Å². The van der Waals surface area contributed by atoms with E-state index >= 15 is 0 Å². The first-order valence-electron chi connectivity index (χ1n) is 5.67. The lowest BCUT2D eigenvalue weighted by Gasteiger charge is -2.03. The zero-order valence-electron chi connectivity index (χ0n) is 9.94. The smallest absolute Gasteiger partial charge is 0.408 e. The zero-order valence-corrected chi connectivity index (χ0v) is 10.7. The molecule has 0 aliphatic heterocycles. The minimum absolute atomic E-state index is 0.146. The fraction of sp³-hybridized carbons (Fsp3) is 0. The molecule has 0 saturated carbocycles. The van der Waals surface area contributed by atoms with Crippen LogP contribution in [0.15, 0.2) is 45.6 Å². The average Bonchev–Trinajstić information content (AvgIpc) is 2.76. The van der Waals surface area contributed by atoms with Gasteiger partial charge in [-0.2, -0.15) is 0 Å². The van der Waals surface area contributed by atoms with Gasteiger partial charge in [0.05, 0.1) is 10.5 Å². The topological polar surface area (TPSA) is 63.1 Å². The number of hydrogen-bond acceptors (Lipinski definition) is 3. The molecular weight excluding hydrogens is 285 g/mol. The molecule has 0 saturated heterocycles. The van der Waals surface area contributed by atoms with Crippen LogP contribution in [0.4, 0.5) is 4.39 Å². The van der Waals surface area contributed by atoms with Crippen LogP contribution in [0.2, 0.25) is 5.02 Å². The maximum absolute atomic E-state index is 13.2. The van der Waals surface area contributed by atoms with Crippen LogP contribution < -0.4 is 5.76 Å². The van der Waals surface area contributed by atoms with Crippen molar-refractivity contribution in [3.8, 4) is 0 Å². The summed E-state index contributed by atoms with van der Waals surface area (Å²) < 4.78 is 18.0. The molecule has 2 aromatic carbocycles. The van der Waals surface area contributed by atoms with Crippen LogP contribution in [0.5, 0.6) is 0 Å². The predicted octanol–water partition coefficient (Wildman–Crippen LogP) is 3.14. The summed E-state index contributed by atoms with van der Waals surface area (Å²) in [5.74, 6) is -1.59. The van der Waals surface area contributed by atoms with E-state index in [0.29, 0.717) is 5.52 Å².